The van der Waals surface area contributed by atoms with Gasteiger partial charge in [-0.2, -0.15) is 0 Å². The first-order chi connectivity index (χ1) is 14.2. The summed E-state index contributed by atoms with van der Waals surface area (Å²) in [4.78, 5) is 10.7. The lowest BCUT2D eigenvalue weighted by atomic mass is 9.89. The lowest BCUT2D eigenvalue weighted by Crippen LogP contribution is -2.39. The van der Waals surface area contributed by atoms with Crippen LogP contribution in [0, 0.1) is 12.8 Å². The van der Waals surface area contributed by atoms with Gasteiger partial charge in [-0.3, -0.25) is 4.99 Å². The van der Waals surface area contributed by atoms with E-state index in [2.05, 4.69) is 60.7 Å². The predicted molar refractivity (Wildman–Crippen MR) is 122 cm³/mol. The van der Waals surface area contributed by atoms with Gasteiger partial charge in [-0.25, -0.2) is 4.98 Å². The Bertz CT molecular complexity index is 771. The van der Waals surface area contributed by atoms with Gasteiger partial charge >= 0.3 is 0 Å². The van der Waals surface area contributed by atoms with Crippen molar-refractivity contribution in [1.29, 1.82) is 0 Å². The van der Waals surface area contributed by atoms with E-state index in [1.807, 2.05) is 6.20 Å². The van der Waals surface area contributed by atoms with E-state index in [4.69, 9.17) is 9.73 Å². The number of ether oxygens (including phenoxy) is 1. The Morgan fingerprint density at radius 1 is 1.24 bits per heavy atom. The molecule has 0 amide bonds. The lowest BCUT2D eigenvalue weighted by Gasteiger charge is -2.31. The molecule has 0 bridgehead atoms. The molecule has 0 saturated carbocycles. The molecule has 2 unspecified atom stereocenters. The molecule has 2 N–H and O–H groups in total. The number of hydrogen-bond acceptors (Lipinski definition) is 4. The van der Waals surface area contributed by atoms with E-state index >= 15 is 0 Å². The largest absolute Gasteiger partial charge is 0.373 e. The second kappa shape index (κ2) is 11.3. The van der Waals surface area contributed by atoms with Crippen LogP contribution in [0.15, 0.2) is 35.5 Å². The molecule has 1 aromatic heterocycles. The SMILES string of the molecule is CCNC(=NCC1CCCOC1c1ccc(C)cc1)NCCc1ncc(CC)s1. The van der Waals surface area contributed by atoms with Gasteiger partial charge < -0.3 is 15.4 Å². The summed E-state index contributed by atoms with van der Waals surface area (Å²) >= 11 is 1.80. The van der Waals surface area contributed by atoms with Crippen LogP contribution in [0.25, 0.3) is 0 Å². The Labute approximate surface area is 179 Å². The summed E-state index contributed by atoms with van der Waals surface area (Å²) in [5, 5.41) is 8.02. The smallest absolute Gasteiger partial charge is 0.191 e. The summed E-state index contributed by atoms with van der Waals surface area (Å²) in [5.74, 6) is 1.29. The second-order valence-corrected chi connectivity index (χ2v) is 8.77. The standard InChI is InChI=1S/C23H34N4OS/c1-4-20-16-26-21(29-20)12-13-25-23(24-5-2)27-15-19-7-6-14-28-22(19)18-10-8-17(3)9-11-18/h8-11,16,19,22H,4-7,12-15H2,1-3H3,(H2,24,25,27). The molecule has 158 valence electrons. The van der Waals surface area contributed by atoms with Gasteiger partial charge in [0.1, 0.15) is 0 Å². The molecule has 1 aliphatic heterocycles. The zero-order valence-electron chi connectivity index (χ0n) is 17.9. The van der Waals surface area contributed by atoms with Crippen LogP contribution in [-0.2, 0) is 17.6 Å². The van der Waals surface area contributed by atoms with E-state index in [1.54, 1.807) is 11.3 Å². The molecule has 0 radical (unpaired) electrons. The molecule has 0 aliphatic carbocycles. The number of rotatable bonds is 8. The summed E-state index contributed by atoms with van der Waals surface area (Å²) in [7, 11) is 0. The number of guanidine groups is 1. The molecular formula is C23H34N4OS. The highest BCUT2D eigenvalue weighted by atomic mass is 32.1. The van der Waals surface area contributed by atoms with Crippen molar-refractivity contribution in [3.63, 3.8) is 0 Å². The van der Waals surface area contributed by atoms with E-state index in [1.165, 1.54) is 21.0 Å². The van der Waals surface area contributed by atoms with Crippen molar-refractivity contribution in [1.82, 2.24) is 15.6 Å². The molecule has 6 heteroatoms. The molecule has 0 spiro atoms. The number of nitrogens with one attached hydrogen (secondary N) is 2. The number of benzene rings is 1. The zero-order chi connectivity index (χ0) is 20.5. The zero-order valence-corrected chi connectivity index (χ0v) is 18.7. The van der Waals surface area contributed by atoms with Crippen molar-refractivity contribution < 1.29 is 4.74 Å². The number of thiazole rings is 1. The Balaban J connectivity index is 1.57. The average molecular weight is 415 g/mol. The Kier molecular flexibility index (Phi) is 8.50. The van der Waals surface area contributed by atoms with Crippen LogP contribution in [0.3, 0.4) is 0 Å². The van der Waals surface area contributed by atoms with Crippen molar-refractivity contribution in [3.8, 4) is 0 Å². The third-order valence-corrected chi connectivity index (χ3v) is 6.46. The van der Waals surface area contributed by atoms with Crippen molar-refractivity contribution in [3.05, 3.63) is 51.5 Å². The lowest BCUT2D eigenvalue weighted by molar-refractivity contribution is -0.0250. The highest BCUT2D eigenvalue weighted by molar-refractivity contribution is 7.11. The number of aryl methyl sites for hydroxylation is 2. The van der Waals surface area contributed by atoms with E-state index in [9.17, 15) is 0 Å². The first kappa shape index (κ1) is 21.8. The topological polar surface area (TPSA) is 58.5 Å². The van der Waals surface area contributed by atoms with Gasteiger partial charge in [0.2, 0.25) is 0 Å². The quantitative estimate of drug-likeness (QED) is 0.500. The minimum Gasteiger partial charge on any atom is -0.373 e. The van der Waals surface area contributed by atoms with Crippen LogP contribution < -0.4 is 10.6 Å². The summed E-state index contributed by atoms with van der Waals surface area (Å²) in [6.07, 6.45) is 6.37. The summed E-state index contributed by atoms with van der Waals surface area (Å²) < 4.78 is 6.14. The maximum absolute atomic E-state index is 6.14. The number of aromatic nitrogens is 1. The van der Waals surface area contributed by atoms with Crippen molar-refractivity contribution in [2.24, 2.45) is 10.9 Å². The maximum atomic E-state index is 6.14. The fraction of sp³-hybridized carbons (Fsp3) is 0.565. The molecule has 1 fully saturated rings. The number of nitrogens with zero attached hydrogens (tertiary/aromatic N) is 2. The number of hydrogen-bond donors (Lipinski definition) is 2. The third kappa shape index (κ3) is 6.54. The monoisotopic (exact) mass is 414 g/mol. The first-order valence-corrected chi connectivity index (χ1v) is 11.6. The molecule has 5 nitrogen and oxygen atoms in total. The third-order valence-electron chi connectivity index (χ3n) is 5.26. The number of aliphatic imine (C=N–C) groups is 1. The Morgan fingerprint density at radius 2 is 2.07 bits per heavy atom. The highest BCUT2D eigenvalue weighted by Crippen LogP contribution is 2.33. The van der Waals surface area contributed by atoms with Crippen molar-refractivity contribution >= 4 is 17.3 Å². The first-order valence-electron chi connectivity index (χ1n) is 10.8. The molecule has 29 heavy (non-hydrogen) atoms. The minimum absolute atomic E-state index is 0.138. The van der Waals surface area contributed by atoms with Gasteiger partial charge in [0, 0.05) is 49.7 Å². The fourth-order valence-electron chi connectivity index (χ4n) is 3.62. The van der Waals surface area contributed by atoms with Crippen LogP contribution in [-0.4, -0.2) is 37.2 Å². The predicted octanol–water partition coefficient (Wildman–Crippen LogP) is 4.28. The van der Waals surface area contributed by atoms with Crippen LogP contribution in [0.5, 0.6) is 0 Å². The Morgan fingerprint density at radius 3 is 2.79 bits per heavy atom. The average Bonchev–Trinajstić information content (AvgIpc) is 3.21. The van der Waals surface area contributed by atoms with Crippen molar-refractivity contribution in [2.45, 2.75) is 52.6 Å². The molecule has 2 aromatic rings. The molecule has 1 aromatic carbocycles. The maximum Gasteiger partial charge on any atom is 0.191 e. The van der Waals surface area contributed by atoms with Gasteiger partial charge in [0.15, 0.2) is 5.96 Å². The molecular weight excluding hydrogens is 380 g/mol. The van der Waals surface area contributed by atoms with E-state index in [0.29, 0.717) is 5.92 Å². The molecule has 1 saturated heterocycles. The van der Waals surface area contributed by atoms with E-state index < -0.39 is 0 Å². The van der Waals surface area contributed by atoms with Crippen LogP contribution in [0.1, 0.15) is 53.8 Å². The molecule has 2 heterocycles. The van der Waals surface area contributed by atoms with Crippen LogP contribution in [0.2, 0.25) is 0 Å². The minimum atomic E-state index is 0.138. The van der Waals surface area contributed by atoms with Crippen LogP contribution in [0.4, 0.5) is 0 Å². The highest BCUT2D eigenvalue weighted by Gasteiger charge is 2.27. The normalized spacial score (nSPS) is 19.9. The summed E-state index contributed by atoms with van der Waals surface area (Å²) in [5.41, 5.74) is 2.55. The van der Waals surface area contributed by atoms with E-state index in [0.717, 1.165) is 57.9 Å². The van der Waals surface area contributed by atoms with Crippen LogP contribution >= 0.6 is 11.3 Å². The molecule has 1 aliphatic rings. The summed E-state index contributed by atoms with van der Waals surface area (Å²) in [6, 6.07) is 8.73. The van der Waals surface area contributed by atoms with Gasteiger partial charge in [-0.15, -0.1) is 11.3 Å². The van der Waals surface area contributed by atoms with Gasteiger partial charge in [-0.05, 0) is 38.7 Å². The van der Waals surface area contributed by atoms with Gasteiger partial charge in [-0.1, -0.05) is 36.8 Å². The van der Waals surface area contributed by atoms with Gasteiger partial charge in [0.25, 0.3) is 0 Å². The van der Waals surface area contributed by atoms with Gasteiger partial charge in [0.05, 0.1) is 11.1 Å². The fourth-order valence-corrected chi connectivity index (χ4v) is 4.48. The molecule has 3 rings (SSSR count). The Hall–Kier alpha value is -1.92. The molecule has 2 atom stereocenters. The van der Waals surface area contributed by atoms with Crippen molar-refractivity contribution in [2.75, 3.05) is 26.2 Å². The second-order valence-electron chi connectivity index (χ2n) is 7.57. The summed E-state index contributed by atoms with van der Waals surface area (Å²) in [6.45, 7) is 9.69. The van der Waals surface area contributed by atoms with E-state index in [-0.39, 0.29) is 6.10 Å².